The van der Waals surface area contributed by atoms with E-state index in [0.29, 0.717) is 40.8 Å². The van der Waals surface area contributed by atoms with Crippen molar-refractivity contribution in [1.82, 2.24) is 9.38 Å². The van der Waals surface area contributed by atoms with Crippen molar-refractivity contribution in [3.8, 4) is 17.2 Å². The smallest absolute Gasteiger partial charge is 0.274 e. The molecule has 34 heavy (non-hydrogen) atoms. The van der Waals surface area contributed by atoms with Crippen molar-refractivity contribution in [2.24, 2.45) is 0 Å². The van der Waals surface area contributed by atoms with Crippen molar-refractivity contribution >= 4 is 33.4 Å². The SMILES string of the molecule is CCOc1cc(/C=c2\sc3nc4ccccc4n3c2=O)ccc1OCCCOc1ccccc1. The molecule has 6 nitrogen and oxygen atoms in total. The van der Waals surface area contributed by atoms with E-state index in [4.69, 9.17) is 14.2 Å². The van der Waals surface area contributed by atoms with E-state index in [1.807, 2.05) is 85.8 Å². The number of thiazole rings is 1. The number of hydrogen-bond donors (Lipinski definition) is 0. The topological polar surface area (TPSA) is 62.1 Å². The molecule has 0 N–H and O–H groups in total. The molecule has 2 heterocycles. The lowest BCUT2D eigenvalue weighted by Crippen LogP contribution is -2.22. The fourth-order valence-corrected chi connectivity index (χ4v) is 4.70. The summed E-state index contributed by atoms with van der Waals surface area (Å²) in [4.78, 5) is 18.3. The van der Waals surface area contributed by atoms with Crippen LogP contribution >= 0.6 is 11.3 Å². The number of para-hydroxylation sites is 3. The van der Waals surface area contributed by atoms with Crippen LogP contribution in [0.25, 0.3) is 22.1 Å². The lowest BCUT2D eigenvalue weighted by atomic mass is 10.2. The van der Waals surface area contributed by atoms with Crippen molar-refractivity contribution in [2.45, 2.75) is 13.3 Å². The Labute approximate surface area is 200 Å². The highest BCUT2D eigenvalue weighted by Gasteiger charge is 2.11. The average Bonchev–Trinajstić information content (AvgIpc) is 3.37. The second-order valence-electron chi connectivity index (χ2n) is 7.64. The van der Waals surface area contributed by atoms with Gasteiger partial charge in [0, 0.05) is 6.42 Å². The molecule has 0 fully saturated rings. The van der Waals surface area contributed by atoms with E-state index in [1.165, 1.54) is 11.3 Å². The summed E-state index contributed by atoms with van der Waals surface area (Å²) in [5.74, 6) is 2.18. The third-order valence-corrected chi connectivity index (χ3v) is 6.24. The van der Waals surface area contributed by atoms with Crippen molar-refractivity contribution < 1.29 is 14.2 Å². The summed E-state index contributed by atoms with van der Waals surface area (Å²) < 4.78 is 19.8. The summed E-state index contributed by atoms with van der Waals surface area (Å²) in [6, 6.07) is 23.1. The number of imidazole rings is 1. The van der Waals surface area contributed by atoms with E-state index in [-0.39, 0.29) is 5.56 Å². The normalized spacial score (nSPS) is 11.9. The first kappa shape index (κ1) is 22.0. The molecule has 7 heteroatoms. The molecule has 0 atom stereocenters. The summed E-state index contributed by atoms with van der Waals surface area (Å²) in [6.45, 7) is 3.53. The fourth-order valence-electron chi connectivity index (χ4n) is 3.71. The molecular formula is C27H24N2O4S. The van der Waals surface area contributed by atoms with Crippen molar-refractivity contribution in [3.63, 3.8) is 0 Å². The van der Waals surface area contributed by atoms with Gasteiger partial charge in [-0.2, -0.15) is 0 Å². The van der Waals surface area contributed by atoms with Gasteiger partial charge in [-0.3, -0.25) is 4.79 Å². The maximum atomic E-state index is 13.0. The van der Waals surface area contributed by atoms with Gasteiger partial charge in [0.15, 0.2) is 16.5 Å². The minimum Gasteiger partial charge on any atom is -0.493 e. The van der Waals surface area contributed by atoms with E-state index in [0.717, 1.165) is 28.8 Å². The largest absolute Gasteiger partial charge is 0.493 e. The van der Waals surface area contributed by atoms with Crippen molar-refractivity contribution in [1.29, 1.82) is 0 Å². The first-order chi connectivity index (χ1) is 16.7. The number of benzene rings is 3. The molecular weight excluding hydrogens is 448 g/mol. The third kappa shape index (κ3) is 4.61. The minimum atomic E-state index is -0.0644. The highest BCUT2D eigenvalue weighted by Crippen LogP contribution is 2.29. The summed E-state index contributed by atoms with van der Waals surface area (Å²) in [6.07, 6.45) is 2.62. The number of aromatic nitrogens is 2. The first-order valence-electron chi connectivity index (χ1n) is 11.2. The second-order valence-corrected chi connectivity index (χ2v) is 8.65. The molecule has 0 aliphatic heterocycles. The quantitative estimate of drug-likeness (QED) is 0.291. The van der Waals surface area contributed by atoms with Crippen LogP contribution in [0, 0.1) is 0 Å². The molecule has 5 rings (SSSR count). The summed E-state index contributed by atoms with van der Waals surface area (Å²) in [7, 11) is 0. The number of hydrogen-bond acceptors (Lipinski definition) is 6. The van der Waals surface area contributed by atoms with Gasteiger partial charge in [0.25, 0.3) is 5.56 Å². The Kier molecular flexibility index (Phi) is 6.44. The van der Waals surface area contributed by atoms with Crippen molar-refractivity contribution in [3.05, 3.63) is 93.2 Å². The molecule has 3 aromatic carbocycles. The predicted octanol–water partition coefficient (Wildman–Crippen LogP) is 4.70. The Hall–Kier alpha value is -3.84. The standard InChI is InChI=1S/C27H24N2O4S/c1-2-31-24-17-19(13-14-23(24)33-16-8-15-32-20-9-4-3-5-10-20)18-25-26(30)29-22-12-7-6-11-21(22)28-27(29)34-25/h3-7,9-14,17-18H,2,8,15-16H2,1H3/b25-18-. The van der Waals surface area contributed by atoms with Gasteiger partial charge in [0.05, 0.1) is 35.4 Å². The van der Waals surface area contributed by atoms with Crippen LogP contribution in [0.1, 0.15) is 18.9 Å². The molecule has 0 bridgehead atoms. The fraction of sp³-hybridized carbons (Fsp3) is 0.185. The van der Waals surface area contributed by atoms with Crippen LogP contribution in [0.3, 0.4) is 0 Å². The van der Waals surface area contributed by atoms with Crippen LogP contribution in [-0.2, 0) is 0 Å². The molecule has 172 valence electrons. The minimum absolute atomic E-state index is 0.0644. The zero-order valence-corrected chi connectivity index (χ0v) is 19.6. The lowest BCUT2D eigenvalue weighted by Gasteiger charge is -2.13. The Morgan fingerprint density at radius 3 is 2.56 bits per heavy atom. The Balaban J connectivity index is 1.32. The number of rotatable bonds is 9. The van der Waals surface area contributed by atoms with Crippen LogP contribution in [-0.4, -0.2) is 29.2 Å². The number of ether oxygens (including phenoxy) is 3. The highest BCUT2D eigenvalue weighted by molar-refractivity contribution is 7.15. The summed E-state index contributed by atoms with van der Waals surface area (Å²) in [5.41, 5.74) is 2.46. The molecule has 0 saturated carbocycles. The predicted molar refractivity (Wildman–Crippen MR) is 135 cm³/mol. The molecule has 2 aromatic heterocycles. The maximum Gasteiger partial charge on any atom is 0.274 e. The van der Waals surface area contributed by atoms with Crippen LogP contribution < -0.4 is 24.3 Å². The Morgan fingerprint density at radius 2 is 1.71 bits per heavy atom. The molecule has 0 amide bonds. The molecule has 0 aliphatic carbocycles. The summed E-state index contributed by atoms with van der Waals surface area (Å²) >= 11 is 1.38. The Morgan fingerprint density at radius 1 is 0.912 bits per heavy atom. The van der Waals surface area contributed by atoms with Gasteiger partial charge < -0.3 is 14.2 Å². The Bertz CT molecular complexity index is 1530. The van der Waals surface area contributed by atoms with Gasteiger partial charge in [-0.1, -0.05) is 47.7 Å². The molecule has 0 unspecified atom stereocenters. The van der Waals surface area contributed by atoms with Gasteiger partial charge >= 0.3 is 0 Å². The van der Waals surface area contributed by atoms with E-state index in [2.05, 4.69) is 4.98 Å². The van der Waals surface area contributed by atoms with Gasteiger partial charge in [-0.15, -0.1) is 0 Å². The monoisotopic (exact) mass is 472 g/mol. The van der Waals surface area contributed by atoms with E-state index in [1.54, 1.807) is 4.40 Å². The highest BCUT2D eigenvalue weighted by atomic mass is 32.1. The molecule has 0 saturated heterocycles. The molecule has 0 radical (unpaired) electrons. The van der Waals surface area contributed by atoms with Gasteiger partial charge in [0.1, 0.15) is 5.75 Å². The zero-order chi connectivity index (χ0) is 23.3. The molecule has 5 aromatic rings. The third-order valence-electron chi connectivity index (χ3n) is 5.27. The first-order valence-corrected chi connectivity index (χ1v) is 12.0. The van der Waals surface area contributed by atoms with E-state index < -0.39 is 0 Å². The average molecular weight is 473 g/mol. The zero-order valence-electron chi connectivity index (χ0n) is 18.8. The van der Waals surface area contributed by atoms with Crippen LogP contribution in [0.5, 0.6) is 17.2 Å². The van der Waals surface area contributed by atoms with Crippen LogP contribution in [0.2, 0.25) is 0 Å². The van der Waals surface area contributed by atoms with E-state index in [9.17, 15) is 4.79 Å². The van der Waals surface area contributed by atoms with Crippen LogP contribution in [0.15, 0.2) is 77.6 Å². The van der Waals surface area contributed by atoms with Gasteiger partial charge in [0.2, 0.25) is 0 Å². The summed E-state index contributed by atoms with van der Waals surface area (Å²) in [5, 5.41) is 0. The maximum absolute atomic E-state index is 13.0. The van der Waals surface area contributed by atoms with E-state index >= 15 is 0 Å². The number of nitrogens with zero attached hydrogens (tertiary/aromatic N) is 2. The van der Waals surface area contributed by atoms with Crippen LogP contribution in [0.4, 0.5) is 0 Å². The lowest BCUT2D eigenvalue weighted by molar-refractivity contribution is 0.236. The molecule has 0 aliphatic rings. The van der Waals surface area contributed by atoms with Gasteiger partial charge in [-0.05, 0) is 55.0 Å². The second kappa shape index (κ2) is 9.97. The number of fused-ring (bicyclic) bond motifs is 3. The van der Waals surface area contributed by atoms with Gasteiger partial charge in [-0.25, -0.2) is 9.38 Å². The molecule has 0 spiro atoms. The van der Waals surface area contributed by atoms with Crippen molar-refractivity contribution in [2.75, 3.05) is 19.8 Å².